The molecule has 0 fully saturated rings. The number of rotatable bonds is 7. The molecular weight excluding hydrogens is 378 g/mol. The Balaban J connectivity index is 1.29. The van der Waals surface area contributed by atoms with Crippen LogP contribution in [0.15, 0.2) is 72.8 Å². The zero-order valence-electron chi connectivity index (χ0n) is 18.6. The minimum absolute atomic E-state index is 0.306. The Morgan fingerprint density at radius 3 is 2.32 bits per heavy atom. The van der Waals surface area contributed by atoms with Crippen molar-refractivity contribution in [3.63, 3.8) is 0 Å². The Kier molecular flexibility index (Phi) is 7.07. The van der Waals surface area contributed by atoms with Crippen LogP contribution in [0.5, 0.6) is 5.75 Å². The van der Waals surface area contributed by atoms with E-state index in [0.717, 1.165) is 38.2 Å². The highest BCUT2D eigenvalue weighted by atomic mass is 16.5. The highest BCUT2D eigenvalue weighted by molar-refractivity contribution is 5.34. The van der Waals surface area contributed by atoms with Gasteiger partial charge in [-0.1, -0.05) is 73.5 Å². The van der Waals surface area contributed by atoms with Crippen molar-refractivity contribution in [3.8, 4) is 17.6 Å². The van der Waals surface area contributed by atoms with E-state index in [2.05, 4.69) is 96.5 Å². The van der Waals surface area contributed by atoms with E-state index >= 15 is 0 Å². The van der Waals surface area contributed by atoms with Gasteiger partial charge < -0.3 is 4.74 Å². The molecule has 4 rings (SSSR count). The molecule has 2 nitrogen and oxygen atoms in total. The lowest BCUT2D eigenvalue weighted by Gasteiger charge is -2.28. The third-order valence-corrected chi connectivity index (χ3v) is 6.05. The van der Waals surface area contributed by atoms with Crippen molar-refractivity contribution in [2.75, 3.05) is 6.54 Å². The highest BCUT2D eigenvalue weighted by Crippen LogP contribution is 2.23. The molecule has 0 aromatic heterocycles. The Morgan fingerprint density at radius 1 is 0.903 bits per heavy atom. The summed E-state index contributed by atoms with van der Waals surface area (Å²) in [7, 11) is 0. The van der Waals surface area contributed by atoms with E-state index < -0.39 is 0 Å². The molecule has 0 amide bonds. The smallest absolute Gasteiger partial charge is 0.119 e. The summed E-state index contributed by atoms with van der Waals surface area (Å²) in [5.41, 5.74) is 6.78. The van der Waals surface area contributed by atoms with Crippen molar-refractivity contribution in [2.24, 2.45) is 0 Å². The Morgan fingerprint density at radius 2 is 1.61 bits per heavy atom. The maximum Gasteiger partial charge on any atom is 0.119 e. The molecule has 31 heavy (non-hydrogen) atoms. The summed E-state index contributed by atoms with van der Waals surface area (Å²) in [6.07, 6.45) is 2.17. The molecule has 3 aromatic rings. The Bertz CT molecular complexity index is 1040. The van der Waals surface area contributed by atoms with Crippen molar-refractivity contribution < 1.29 is 4.74 Å². The molecule has 158 valence electrons. The van der Waals surface area contributed by atoms with Gasteiger partial charge in [0.2, 0.25) is 0 Å². The van der Waals surface area contributed by atoms with Crippen molar-refractivity contribution in [2.45, 2.75) is 52.3 Å². The van der Waals surface area contributed by atoms with Crippen molar-refractivity contribution in [1.29, 1.82) is 0 Å². The molecule has 1 aliphatic heterocycles. The molecule has 3 aromatic carbocycles. The molecule has 2 heteroatoms. The lowest BCUT2D eigenvalue weighted by atomic mass is 9.97. The monoisotopic (exact) mass is 409 g/mol. The summed E-state index contributed by atoms with van der Waals surface area (Å²) in [5.74, 6) is 7.51. The molecule has 0 saturated heterocycles. The first-order chi connectivity index (χ1) is 15.2. The van der Waals surface area contributed by atoms with E-state index in [1.807, 2.05) is 6.92 Å². The normalized spacial score (nSPS) is 14.3. The topological polar surface area (TPSA) is 12.5 Å². The van der Waals surface area contributed by atoms with E-state index in [9.17, 15) is 0 Å². The second-order valence-electron chi connectivity index (χ2n) is 8.26. The first-order valence-corrected chi connectivity index (χ1v) is 11.3. The molecule has 1 aliphatic rings. The van der Waals surface area contributed by atoms with Crippen molar-refractivity contribution >= 4 is 0 Å². The van der Waals surface area contributed by atoms with Gasteiger partial charge in [-0.15, -0.1) is 5.92 Å². The van der Waals surface area contributed by atoms with Crippen LogP contribution in [0.3, 0.4) is 0 Å². The van der Waals surface area contributed by atoms with E-state index in [0.29, 0.717) is 12.5 Å². The summed E-state index contributed by atoms with van der Waals surface area (Å²) < 4.78 is 6.00. The summed E-state index contributed by atoms with van der Waals surface area (Å²) in [4.78, 5) is 2.53. The molecule has 0 radical (unpaired) electrons. The average Bonchev–Trinajstić information content (AvgIpc) is 2.82. The first kappa shape index (κ1) is 21.2. The number of fused-ring (bicyclic) bond motifs is 1. The van der Waals surface area contributed by atoms with Gasteiger partial charge in [0.1, 0.15) is 12.4 Å². The molecule has 0 bridgehead atoms. The van der Waals surface area contributed by atoms with E-state index in [-0.39, 0.29) is 0 Å². The molecule has 1 heterocycles. The van der Waals surface area contributed by atoms with Gasteiger partial charge in [0, 0.05) is 25.6 Å². The van der Waals surface area contributed by atoms with Gasteiger partial charge in [0.05, 0.1) is 0 Å². The van der Waals surface area contributed by atoms with Gasteiger partial charge >= 0.3 is 0 Å². The minimum Gasteiger partial charge on any atom is -0.489 e. The average molecular weight is 410 g/mol. The van der Waals surface area contributed by atoms with Gasteiger partial charge in [-0.2, -0.15) is 0 Å². The van der Waals surface area contributed by atoms with Crippen molar-refractivity contribution in [1.82, 2.24) is 4.90 Å². The number of ether oxygens (including phenoxy) is 1. The summed E-state index contributed by atoms with van der Waals surface area (Å²) >= 11 is 0. The zero-order chi connectivity index (χ0) is 21.5. The van der Waals surface area contributed by atoms with Crippen molar-refractivity contribution in [3.05, 3.63) is 101 Å². The molecule has 0 N–H and O–H groups in total. The second kappa shape index (κ2) is 10.3. The predicted molar refractivity (Wildman–Crippen MR) is 128 cm³/mol. The van der Waals surface area contributed by atoms with E-state index in [1.165, 1.54) is 27.8 Å². The van der Waals surface area contributed by atoms with E-state index in [4.69, 9.17) is 4.74 Å². The van der Waals surface area contributed by atoms with Crippen LogP contribution >= 0.6 is 0 Å². The number of nitrogens with zero attached hydrogens (tertiary/aromatic N) is 1. The van der Waals surface area contributed by atoms with Crippen LogP contribution in [0, 0.1) is 11.8 Å². The third-order valence-electron chi connectivity index (χ3n) is 6.05. The highest BCUT2D eigenvalue weighted by Gasteiger charge is 2.15. The summed E-state index contributed by atoms with van der Waals surface area (Å²) in [5, 5.41) is 0. The number of hydrogen-bond acceptors (Lipinski definition) is 2. The lowest BCUT2D eigenvalue weighted by Crippen LogP contribution is -2.29. The Labute approximate surface area is 186 Å². The fourth-order valence-corrected chi connectivity index (χ4v) is 4.25. The zero-order valence-corrected chi connectivity index (χ0v) is 18.6. The predicted octanol–water partition coefficient (Wildman–Crippen LogP) is 6.34. The first-order valence-electron chi connectivity index (χ1n) is 11.3. The summed E-state index contributed by atoms with van der Waals surface area (Å²) in [6.45, 7) is 7.82. The Hall–Kier alpha value is -3.02. The van der Waals surface area contributed by atoms with Gasteiger partial charge in [0.25, 0.3) is 0 Å². The fraction of sp³-hybridized carbons (Fsp3) is 0.310. The number of benzene rings is 3. The van der Waals surface area contributed by atoms with Crippen LogP contribution in [-0.2, 0) is 26.1 Å². The van der Waals surface area contributed by atoms with Gasteiger partial charge in [-0.05, 0) is 59.7 Å². The molecule has 1 unspecified atom stereocenters. The van der Waals surface area contributed by atoms with E-state index in [1.54, 1.807) is 0 Å². The molecule has 0 saturated carbocycles. The van der Waals surface area contributed by atoms with Crippen LogP contribution in [0.1, 0.15) is 54.0 Å². The lowest BCUT2D eigenvalue weighted by molar-refractivity contribution is 0.245. The standard InChI is InChI=1S/C29H31NO/c1-3-7-25(4-2)27-14-16-29(17-15-27)31-22-24-12-10-23(11-13-24)20-30-19-18-26-8-5-6-9-28(26)21-30/h5-6,8-17,25H,4,18-22H2,1-2H3. The van der Waals surface area contributed by atoms with Crippen LogP contribution in [0.25, 0.3) is 0 Å². The fourth-order valence-electron chi connectivity index (χ4n) is 4.25. The SMILES string of the molecule is CC#CC(CC)c1ccc(OCc2ccc(CN3CCc4ccccc4C3)cc2)cc1. The second-order valence-corrected chi connectivity index (χ2v) is 8.26. The van der Waals surface area contributed by atoms with Gasteiger partial charge in [-0.25, -0.2) is 0 Å². The molecular formula is C29H31NO. The third kappa shape index (κ3) is 5.57. The largest absolute Gasteiger partial charge is 0.489 e. The van der Waals surface area contributed by atoms with Crippen LogP contribution < -0.4 is 4.74 Å². The van der Waals surface area contributed by atoms with Gasteiger partial charge in [-0.3, -0.25) is 4.90 Å². The molecule has 0 aliphatic carbocycles. The van der Waals surface area contributed by atoms with Gasteiger partial charge in [0.15, 0.2) is 0 Å². The molecule has 1 atom stereocenters. The van der Waals surface area contributed by atoms with Crippen LogP contribution in [0.4, 0.5) is 0 Å². The number of hydrogen-bond donors (Lipinski definition) is 0. The minimum atomic E-state index is 0.306. The van der Waals surface area contributed by atoms with Crippen LogP contribution in [0.2, 0.25) is 0 Å². The molecule has 0 spiro atoms. The summed E-state index contributed by atoms with van der Waals surface area (Å²) in [6, 6.07) is 26.0. The van der Waals surface area contributed by atoms with Crippen LogP contribution in [-0.4, -0.2) is 11.4 Å². The quantitative estimate of drug-likeness (QED) is 0.422. The maximum absolute atomic E-state index is 6.00. The maximum atomic E-state index is 6.00.